The summed E-state index contributed by atoms with van der Waals surface area (Å²) in [5, 5.41) is 13.6. The second-order valence-corrected chi connectivity index (χ2v) is 5.67. The van der Waals surface area contributed by atoms with Gasteiger partial charge >= 0.3 is 0 Å². The molecule has 0 spiro atoms. The Hall–Kier alpha value is -1.23. The van der Waals surface area contributed by atoms with Crippen LogP contribution in [0.25, 0.3) is 0 Å². The van der Waals surface area contributed by atoms with E-state index < -0.39 is 6.10 Å². The lowest BCUT2D eigenvalue weighted by Crippen LogP contribution is -2.26. The molecule has 2 rings (SSSR count). The van der Waals surface area contributed by atoms with Gasteiger partial charge < -0.3 is 15.2 Å². The maximum atomic E-state index is 9.88. The van der Waals surface area contributed by atoms with Gasteiger partial charge in [-0.1, -0.05) is 39.7 Å². The van der Waals surface area contributed by atoms with Crippen molar-refractivity contribution < 1.29 is 9.84 Å². The SMILES string of the molecule is OC(CNc1cccc(Br)c1)COc1cccc(Cl)c1. The fraction of sp³-hybridized carbons (Fsp3) is 0.200. The molecule has 0 aliphatic heterocycles. The molecular weight excluding hydrogens is 342 g/mol. The number of anilines is 1. The topological polar surface area (TPSA) is 41.5 Å². The van der Waals surface area contributed by atoms with E-state index in [0.29, 0.717) is 17.3 Å². The monoisotopic (exact) mass is 355 g/mol. The molecule has 106 valence electrons. The van der Waals surface area contributed by atoms with Crippen LogP contribution in [0.5, 0.6) is 5.75 Å². The smallest absolute Gasteiger partial charge is 0.120 e. The summed E-state index contributed by atoms with van der Waals surface area (Å²) >= 11 is 9.25. The number of nitrogens with one attached hydrogen (secondary N) is 1. The molecule has 1 atom stereocenters. The lowest BCUT2D eigenvalue weighted by atomic mass is 10.3. The second-order valence-electron chi connectivity index (χ2n) is 4.31. The molecule has 0 aliphatic carbocycles. The third kappa shape index (κ3) is 5.04. The molecule has 1 unspecified atom stereocenters. The summed E-state index contributed by atoms with van der Waals surface area (Å²) < 4.78 is 6.47. The van der Waals surface area contributed by atoms with Gasteiger partial charge in [-0.15, -0.1) is 0 Å². The molecule has 2 aromatic carbocycles. The number of aliphatic hydroxyl groups excluding tert-OH is 1. The normalized spacial score (nSPS) is 11.9. The Morgan fingerprint density at radius 3 is 2.75 bits per heavy atom. The van der Waals surface area contributed by atoms with Gasteiger partial charge in [-0.05, 0) is 36.4 Å². The molecule has 0 fully saturated rings. The third-order valence-electron chi connectivity index (χ3n) is 2.60. The average molecular weight is 357 g/mol. The van der Waals surface area contributed by atoms with Gasteiger partial charge in [0.2, 0.25) is 0 Å². The number of aliphatic hydroxyl groups is 1. The summed E-state index contributed by atoms with van der Waals surface area (Å²) in [5.41, 5.74) is 0.946. The molecule has 0 radical (unpaired) electrons. The van der Waals surface area contributed by atoms with Crippen molar-refractivity contribution in [1.82, 2.24) is 0 Å². The number of benzene rings is 2. The highest BCUT2D eigenvalue weighted by Crippen LogP contribution is 2.18. The van der Waals surface area contributed by atoms with Gasteiger partial charge in [0.05, 0.1) is 0 Å². The number of hydrogen-bond donors (Lipinski definition) is 2. The quantitative estimate of drug-likeness (QED) is 0.823. The van der Waals surface area contributed by atoms with Crippen molar-refractivity contribution >= 4 is 33.2 Å². The van der Waals surface area contributed by atoms with E-state index in [1.54, 1.807) is 18.2 Å². The summed E-state index contributed by atoms with van der Waals surface area (Å²) in [4.78, 5) is 0. The van der Waals surface area contributed by atoms with E-state index in [1.165, 1.54) is 0 Å². The predicted molar refractivity (Wildman–Crippen MR) is 85.6 cm³/mol. The standard InChI is InChI=1S/C15H15BrClNO2/c16-11-3-1-5-13(7-11)18-9-14(19)10-20-15-6-2-4-12(17)8-15/h1-8,14,18-19H,9-10H2. The molecule has 2 N–H and O–H groups in total. The maximum Gasteiger partial charge on any atom is 0.120 e. The van der Waals surface area contributed by atoms with Crippen molar-refractivity contribution in [2.24, 2.45) is 0 Å². The van der Waals surface area contributed by atoms with Crippen molar-refractivity contribution in [2.75, 3.05) is 18.5 Å². The first kappa shape index (κ1) is 15.2. The fourth-order valence-electron chi connectivity index (χ4n) is 1.64. The van der Waals surface area contributed by atoms with E-state index in [9.17, 15) is 5.11 Å². The van der Waals surface area contributed by atoms with Crippen molar-refractivity contribution in [3.8, 4) is 5.75 Å². The number of rotatable bonds is 6. The fourth-order valence-corrected chi connectivity index (χ4v) is 2.22. The Bertz CT molecular complexity index is 516. The molecule has 0 amide bonds. The molecule has 5 heteroatoms. The Morgan fingerprint density at radius 2 is 2.00 bits per heavy atom. The lowest BCUT2D eigenvalue weighted by molar-refractivity contribution is 0.117. The van der Waals surface area contributed by atoms with E-state index in [0.717, 1.165) is 10.2 Å². The first-order valence-electron chi connectivity index (χ1n) is 6.19. The number of hydrogen-bond acceptors (Lipinski definition) is 3. The first-order chi connectivity index (χ1) is 9.63. The first-order valence-corrected chi connectivity index (χ1v) is 7.36. The van der Waals surface area contributed by atoms with Crippen LogP contribution < -0.4 is 10.1 Å². The molecule has 0 saturated heterocycles. The lowest BCUT2D eigenvalue weighted by Gasteiger charge is -2.14. The number of ether oxygens (including phenoxy) is 1. The molecular formula is C15H15BrClNO2. The van der Waals surface area contributed by atoms with Crippen LogP contribution in [0.2, 0.25) is 5.02 Å². The minimum absolute atomic E-state index is 0.210. The van der Waals surface area contributed by atoms with Crippen molar-refractivity contribution in [3.05, 3.63) is 58.0 Å². The van der Waals surface area contributed by atoms with Crippen molar-refractivity contribution in [3.63, 3.8) is 0 Å². The van der Waals surface area contributed by atoms with Gasteiger partial charge in [0, 0.05) is 21.7 Å². The van der Waals surface area contributed by atoms with E-state index in [-0.39, 0.29) is 6.61 Å². The van der Waals surface area contributed by atoms with Crippen LogP contribution in [0.4, 0.5) is 5.69 Å². The minimum Gasteiger partial charge on any atom is -0.491 e. The molecule has 0 aliphatic rings. The summed E-state index contributed by atoms with van der Waals surface area (Å²) in [6.07, 6.45) is -0.604. The van der Waals surface area contributed by atoms with Crippen LogP contribution >= 0.6 is 27.5 Å². The van der Waals surface area contributed by atoms with Gasteiger partial charge in [0.15, 0.2) is 0 Å². The Labute approximate surface area is 131 Å². The van der Waals surface area contributed by atoms with Crippen molar-refractivity contribution in [2.45, 2.75) is 6.10 Å². The molecule has 0 bridgehead atoms. The van der Waals surface area contributed by atoms with Gasteiger partial charge in [0.25, 0.3) is 0 Å². The molecule has 0 aromatic heterocycles. The van der Waals surface area contributed by atoms with E-state index in [2.05, 4.69) is 21.2 Å². The zero-order valence-electron chi connectivity index (χ0n) is 10.7. The minimum atomic E-state index is -0.604. The third-order valence-corrected chi connectivity index (χ3v) is 3.33. The van der Waals surface area contributed by atoms with Gasteiger partial charge in [-0.3, -0.25) is 0 Å². The van der Waals surface area contributed by atoms with Crippen LogP contribution in [0.15, 0.2) is 53.0 Å². The van der Waals surface area contributed by atoms with Crippen LogP contribution in [0.3, 0.4) is 0 Å². The van der Waals surface area contributed by atoms with Crippen LogP contribution in [0.1, 0.15) is 0 Å². The summed E-state index contributed by atoms with van der Waals surface area (Å²) in [6.45, 7) is 0.623. The molecule has 0 heterocycles. The molecule has 20 heavy (non-hydrogen) atoms. The second kappa shape index (κ2) is 7.53. The van der Waals surface area contributed by atoms with E-state index >= 15 is 0 Å². The Morgan fingerprint density at radius 1 is 1.20 bits per heavy atom. The maximum absolute atomic E-state index is 9.88. The van der Waals surface area contributed by atoms with Gasteiger partial charge in [-0.25, -0.2) is 0 Å². The highest BCUT2D eigenvalue weighted by molar-refractivity contribution is 9.10. The molecule has 0 saturated carbocycles. The van der Waals surface area contributed by atoms with Crippen LogP contribution in [-0.4, -0.2) is 24.4 Å². The van der Waals surface area contributed by atoms with Gasteiger partial charge in [-0.2, -0.15) is 0 Å². The Kier molecular flexibility index (Phi) is 5.71. The van der Waals surface area contributed by atoms with Crippen molar-refractivity contribution in [1.29, 1.82) is 0 Å². The Balaban J connectivity index is 1.77. The molecule has 3 nitrogen and oxygen atoms in total. The largest absolute Gasteiger partial charge is 0.491 e. The van der Waals surface area contributed by atoms with E-state index in [4.69, 9.17) is 16.3 Å². The van der Waals surface area contributed by atoms with Crippen LogP contribution in [-0.2, 0) is 0 Å². The van der Waals surface area contributed by atoms with Gasteiger partial charge in [0.1, 0.15) is 18.5 Å². The average Bonchev–Trinajstić information content (AvgIpc) is 2.43. The molecule has 2 aromatic rings. The zero-order chi connectivity index (χ0) is 14.4. The summed E-state index contributed by atoms with van der Waals surface area (Å²) in [5.74, 6) is 0.652. The van der Waals surface area contributed by atoms with Crippen LogP contribution in [0, 0.1) is 0 Å². The zero-order valence-corrected chi connectivity index (χ0v) is 13.1. The highest BCUT2D eigenvalue weighted by atomic mass is 79.9. The highest BCUT2D eigenvalue weighted by Gasteiger charge is 2.05. The van der Waals surface area contributed by atoms with E-state index in [1.807, 2.05) is 30.3 Å². The number of halogens is 2. The summed E-state index contributed by atoms with van der Waals surface area (Å²) in [7, 11) is 0. The predicted octanol–water partition coefficient (Wildman–Crippen LogP) is 3.95. The summed E-state index contributed by atoms with van der Waals surface area (Å²) in [6, 6.07) is 14.9.